The molecule has 0 saturated heterocycles. The number of nitrogens with zero attached hydrogens (tertiary/aromatic N) is 4. The number of aromatic nitrogens is 3. The molecule has 1 aromatic heterocycles. The van der Waals surface area contributed by atoms with Gasteiger partial charge < -0.3 is 15.2 Å². The van der Waals surface area contributed by atoms with E-state index in [2.05, 4.69) is 34.7 Å². The second-order valence-corrected chi connectivity index (χ2v) is 6.64. The molecule has 0 unspecified atom stereocenters. The van der Waals surface area contributed by atoms with Gasteiger partial charge in [0, 0.05) is 19.6 Å². The highest BCUT2D eigenvalue weighted by Gasteiger charge is 2.15. The smallest absolute Gasteiger partial charge is 0.191 e. The topological polar surface area (TPSA) is 67.1 Å². The molecule has 0 aliphatic heterocycles. The molecular formula is C16H30N6. The van der Waals surface area contributed by atoms with Crippen LogP contribution in [0.5, 0.6) is 0 Å². The van der Waals surface area contributed by atoms with E-state index in [1.165, 1.54) is 32.1 Å². The van der Waals surface area contributed by atoms with Crippen LogP contribution in [0.2, 0.25) is 0 Å². The molecule has 1 heterocycles. The summed E-state index contributed by atoms with van der Waals surface area (Å²) in [6.45, 7) is 7.85. The minimum absolute atomic E-state index is 0.549. The highest BCUT2D eigenvalue weighted by Crippen LogP contribution is 2.17. The van der Waals surface area contributed by atoms with Crippen LogP contribution in [0, 0.1) is 12.8 Å². The summed E-state index contributed by atoms with van der Waals surface area (Å²) in [6.07, 6.45) is 6.48. The largest absolute Gasteiger partial charge is 0.356 e. The standard InChI is InChI=1S/C16H30N6/c1-12(2)10-17-16(19-14-8-6-5-7-9-14)18-11-15-21-20-13(3)22(15)4/h12,14H,5-11H2,1-4H3,(H2,17,18,19). The van der Waals surface area contributed by atoms with Crippen molar-refractivity contribution in [2.45, 2.75) is 65.5 Å². The Kier molecular flexibility index (Phi) is 6.21. The summed E-state index contributed by atoms with van der Waals surface area (Å²) in [5.41, 5.74) is 0. The van der Waals surface area contributed by atoms with Gasteiger partial charge >= 0.3 is 0 Å². The maximum absolute atomic E-state index is 4.71. The Bertz CT molecular complexity index is 485. The Morgan fingerprint density at radius 3 is 2.59 bits per heavy atom. The zero-order valence-corrected chi connectivity index (χ0v) is 14.4. The number of aryl methyl sites for hydroxylation is 1. The fourth-order valence-electron chi connectivity index (χ4n) is 2.63. The van der Waals surface area contributed by atoms with Gasteiger partial charge in [-0.25, -0.2) is 4.99 Å². The number of nitrogens with one attached hydrogen (secondary N) is 2. The first-order valence-electron chi connectivity index (χ1n) is 8.46. The average molecular weight is 306 g/mol. The SMILES string of the molecule is Cc1nnc(CN=C(NCC(C)C)NC2CCCCC2)n1C. The maximum Gasteiger partial charge on any atom is 0.191 e. The van der Waals surface area contributed by atoms with Crippen LogP contribution in [0.3, 0.4) is 0 Å². The van der Waals surface area contributed by atoms with Gasteiger partial charge in [0.05, 0.1) is 0 Å². The first-order chi connectivity index (χ1) is 10.6. The third-order valence-corrected chi connectivity index (χ3v) is 4.19. The first-order valence-corrected chi connectivity index (χ1v) is 8.46. The van der Waals surface area contributed by atoms with E-state index in [9.17, 15) is 0 Å². The molecule has 0 spiro atoms. The van der Waals surface area contributed by atoms with Crippen LogP contribution >= 0.6 is 0 Å². The van der Waals surface area contributed by atoms with E-state index in [1.807, 2.05) is 18.5 Å². The second-order valence-electron chi connectivity index (χ2n) is 6.64. The predicted octanol–water partition coefficient (Wildman–Crippen LogP) is 2.15. The fraction of sp³-hybridized carbons (Fsp3) is 0.812. The molecule has 1 saturated carbocycles. The fourth-order valence-corrected chi connectivity index (χ4v) is 2.63. The Morgan fingerprint density at radius 1 is 1.27 bits per heavy atom. The van der Waals surface area contributed by atoms with E-state index in [1.54, 1.807) is 0 Å². The summed E-state index contributed by atoms with van der Waals surface area (Å²) < 4.78 is 1.99. The van der Waals surface area contributed by atoms with Gasteiger partial charge in [0.25, 0.3) is 0 Å². The van der Waals surface area contributed by atoms with Crippen molar-refractivity contribution in [3.8, 4) is 0 Å². The van der Waals surface area contributed by atoms with E-state index in [-0.39, 0.29) is 0 Å². The first kappa shape index (κ1) is 16.8. The van der Waals surface area contributed by atoms with Crippen molar-refractivity contribution in [3.63, 3.8) is 0 Å². The molecule has 1 aromatic rings. The summed E-state index contributed by atoms with van der Waals surface area (Å²) in [4.78, 5) is 4.71. The summed E-state index contributed by atoms with van der Waals surface area (Å²) in [6, 6.07) is 0.549. The van der Waals surface area contributed by atoms with Crippen molar-refractivity contribution < 1.29 is 0 Å². The van der Waals surface area contributed by atoms with Crippen LogP contribution < -0.4 is 10.6 Å². The molecule has 2 N–H and O–H groups in total. The molecule has 0 atom stereocenters. The molecule has 1 aliphatic carbocycles. The molecular weight excluding hydrogens is 276 g/mol. The van der Waals surface area contributed by atoms with Crippen molar-refractivity contribution in [2.24, 2.45) is 18.0 Å². The van der Waals surface area contributed by atoms with Gasteiger partial charge in [0.2, 0.25) is 0 Å². The van der Waals surface area contributed by atoms with Crippen molar-refractivity contribution in [3.05, 3.63) is 11.6 Å². The monoisotopic (exact) mass is 306 g/mol. The average Bonchev–Trinajstić information content (AvgIpc) is 2.82. The summed E-state index contributed by atoms with van der Waals surface area (Å²) >= 11 is 0. The lowest BCUT2D eigenvalue weighted by molar-refractivity contribution is 0.408. The lowest BCUT2D eigenvalue weighted by Crippen LogP contribution is -2.45. The molecule has 6 heteroatoms. The van der Waals surface area contributed by atoms with Crippen molar-refractivity contribution in [1.82, 2.24) is 25.4 Å². The van der Waals surface area contributed by atoms with Gasteiger partial charge in [0.15, 0.2) is 11.8 Å². The second kappa shape index (κ2) is 8.15. The van der Waals surface area contributed by atoms with Gasteiger partial charge in [-0.1, -0.05) is 33.1 Å². The normalized spacial score (nSPS) is 17.0. The van der Waals surface area contributed by atoms with Crippen molar-refractivity contribution in [2.75, 3.05) is 6.54 Å². The summed E-state index contributed by atoms with van der Waals surface area (Å²) in [5.74, 6) is 3.31. The number of aliphatic imine (C=N–C) groups is 1. The molecule has 6 nitrogen and oxygen atoms in total. The highest BCUT2D eigenvalue weighted by molar-refractivity contribution is 5.80. The van der Waals surface area contributed by atoms with Crippen LogP contribution in [-0.4, -0.2) is 33.3 Å². The van der Waals surface area contributed by atoms with Crippen LogP contribution in [0.1, 0.15) is 57.6 Å². The molecule has 124 valence electrons. The van der Waals surface area contributed by atoms with Crippen LogP contribution in [0.4, 0.5) is 0 Å². The molecule has 2 rings (SSSR count). The zero-order valence-electron chi connectivity index (χ0n) is 14.4. The number of guanidine groups is 1. The Balaban J connectivity index is 1.98. The molecule has 0 radical (unpaired) electrons. The zero-order chi connectivity index (χ0) is 15.9. The minimum Gasteiger partial charge on any atom is -0.356 e. The van der Waals surface area contributed by atoms with Gasteiger partial charge in [-0.3, -0.25) is 0 Å². The Labute approximate surface area is 133 Å². The van der Waals surface area contributed by atoms with Gasteiger partial charge in [-0.15, -0.1) is 10.2 Å². The van der Waals surface area contributed by atoms with E-state index in [4.69, 9.17) is 4.99 Å². The summed E-state index contributed by atoms with van der Waals surface area (Å²) in [7, 11) is 1.98. The maximum atomic E-state index is 4.71. The molecule has 22 heavy (non-hydrogen) atoms. The van der Waals surface area contributed by atoms with E-state index in [0.29, 0.717) is 18.5 Å². The Morgan fingerprint density at radius 2 is 2.00 bits per heavy atom. The van der Waals surface area contributed by atoms with Crippen molar-refractivity contribution in [1.29, 1.82) is 0 Å². The molecule has 1 aliphatic rings. The van der Waals surface area contributed by atoms with E-state index in [0.717, 1.165) is 24.2 Å². The van der Waals surface area contributed by atoms with Gasteiger partial charge in [0.1, 0.15) is 12.4 Å². The quantitative estimate of drug-likeness (QED) is 0.646. The molecule has 0 bridgehead atoms. The molecule has 0 aromatic carbocycles. The lowest BCUT2D eigenvalue weighted by atomic mass is 9.96. The predicted molar refractivity (Wildman–Crippen MR) is 89.7 cm³/mol. The number of rotatable bonds is 5. The lowest BCUT2D eigenvalue weighted by Gasteiger charge is -2.25. The van der Waals surface area contributed by atoms with Gasteiger partial charge in [-0.2, -0.15) is 0 Å². The third-order valence-electron chi connectivity index (χ3n) is 4.19. The minimum atomic E-state index is 0.549. The molecule has 1 fully saturated rings. The molecule has 0 amide bonds. The number of hydrogen-bond donors (Lipinski definition) is 2. The van der Waals surface area contributed by atoms with Gasteiger partial charge in [-0.05, 0) is 25.7 Å². The highest BCUT2D eigenvalue weighted by atomic mass is 15.3. The summed E-state index contributed by atoms with van der Waals surface area (Å²) in [5, 5.41) is 15.3. The van der Waals surface area contributed by atoms with Crippen molar-refractivity contribution >= 4 is 5.96 Å². The van der Waals surface area contributed by atoms with E-state index >= 15 is 0 Å². The van der Waals surface area contributed by atoms with Crippen LogP contribution in [-0.2, 0) is 13.6 Å². The Hall–Kier alpha value is -1.59. The van der Waals surface area contributed by atoms with Crippen LogP contribution in [0.15, 0.2) is 4.99 Å². The third kappa shape index (κ3) is 5.00. The van der Waals surface area contributed by atoms with E-state index < -0.39 is 0 Å². The number of hydrogen-bond acceptors (Lipinski definition) is 3. The van der Waals surface area contributed by atoms with Crippen LogP contribution in [0.25, 0.3) is 0 Å².